The molecule has 132 valence electrons. The van der Waals surface area contributed by atoms with Crippen LogP contribution < -0.4 is 10.9 Å². The fourth-order valence-corrected chi connectivity index (χ4v) is 4.30. The average Bonchev–Trinajstić information content (AvgIpc) is 3.51. The number of aromatic nitrogens is 2. The van der Waals surface area contributed by atoms with Crippen molar-refractivity contribution in [2.45, 2.75) is 50.4 Å². The molecule has 6 heteroatoms. The number of carbonyl (C=O) groups excluding carboxylic acids is 1. The molecule has 25 heavy (non-hydrogen) atoms. The molecule has 0 saturated heterocycles. The maximum Gasteiger partial charge on any atom is 0.262 e. The summed E-state index contributed by atoms with van der Waals surface area (Å²) in [6.45, 7) is 2.48. The molecule has 0 bridgehead atoms. The smallest absolute Gasteiger partial charge is 0.262 e. The van der Waals surface area contributed by atoms with Crippen LogP contribution in [-0.4, -0.2) is 27.3 Å². The van der Waals surface area contributed by atoms with Crippen molar-refractivity contribution < 1.29 is 4.79 Å². The second-order valence-corrected chi connectivity index (χ2v) is 7.96. The van der Waals surface area contributed by atoms with Crippen molar-refractivity contribution in [3.8, 4) is 0 Å². The monoisotopic (exact) mass is 357 g/mol. The van der Waals surface area contributed by atoms with E-state index in [0.717, 1.165) is 0 Å². The minimum Gasteiger partial charge on any atom is -0.352 e. The Hall–Kier alpha value is -1.82. The lowest BCUT2D eigenvalue weighted by Crippen LogP contribution is -2.39. The molecule has 1 N–H and O–H groups in total. The van der Waals surface area contributed by atoms with Crippen molar-refractivity contribution in [2.75, 3.05) is 5.75 Å². The zero-order valence-electron chi connectivity index (χ0n) is 14.4. The number of nitrogens with zero attached hydrogens (tertiary/aromatic N) is 2. The SMILES string of the molecule is CCn1c(SCC(=O)NC(C2CC2)C2CC2)nc2ccccc2c1=O. The van der Waals surface area contributed by atoms with E-state index in [-0.39, 0.29) is 11.5 Å². The standard InChI is InChI=1S/C19H23N3O2S/c1-2-22-18(24)14-5-3-4-6-15(14)20-19(22)25-11-16(23)21-17(12-7-8-12)13-9-10-13/h3-6,12-13,17H,2,7-11H2,1H3,(H,21,23). The minimum absolute atomic E-state index is 0.0372. The Balaban J connectivity index is 1.48. The molecule has 4 rings (SSSR count). The van der Waals surface area contributed by atoms with Gasteiger partial charge < -0.3 is 5.32 Å². The molecule has 2 saturated carbocycles. The van der Waals surface area contributed by atoms with Gasteiger partial charge in [-0.3, -0.25) is 14.2 Å². The second kappa shape index (κ2) is 6.83. The fourth-order valence-electron chi connectivity index (χ4n) is 3.43. The molecular weight excluding hydrogens is 334 g/mol. The van der Waals surface area contributed by atoms with Gasteiger partial charge in [-0.2, -0.15) is 0 Å². The number of para-hydroxylation sites is 1. The summed E-state index contributed by atoms with van der Waals surface area (Å²) in [6.07, 6.45) is 4.98. The molecule has 1 heterocycles. The van der Waals surface area contributed by atoms with Crippen LogP contribution in [0, 0.1) is 11.8 Å². The Morgan fingerprint density at radius 2 is 1.96 bits per heavy atom. The summed E-state index contributed by atoms with van der Waals surface area (Å²) in [4.78, 5) is 29.6. The van der Waals surface area contributed by atoms with E-state index in [9.17, 15) is 9.59 Å². The number of hydrogen-bond donors (Lipinski definition) is 1. The van der Waals surface area contributed by atoms with E-state index in [0.29, 0.717) is 46.2 Å². The van der Waals surface area contributed by atoms with Crippen LogP contribution >= 0.6 is 11.8 Å². The van der Waals surface area contributed by atoms with Gasteiger partial charge in [-0.25, -0.2) is 4.98 Å². The lowest BCUT2D eigenvalue weighted by molar-refractivity contribution is -0.119. The Bertz CT molecular complexity index is 843. The molecule has 1 amide bonds. The van der Waals surface area contributed by atoms with Crippen molar-refractivity contribution in [2.24, 2.45) is 11.8 Å². The Morgan fingerprint density at radius 1 is 1.28 bits per heavy atom. The number of amides is 1. The number of thioether (sulfide) groups is 1. The molecule has 0 spiro atoms. The van der Waals surface area contributed by atoms with E-state index in [1.807, 2.05) is 25.1 Å². The Kier molecular flexibility index (Phi) is 4.54. The average molecular weight is 357 g/mol. The van der Waals surface area contributed by atoms with E-state index in [1.54, 1.807) is 10.6 Å². The number of hydrogen-bond acceptors (Lipinski definition) is 4. The molecule has 0 unspecified atom stereocenters. The fraction of sp³-hybridized carbons (Fsp3) is 0.526. The van der Waals surface area contributed by atoms with Gasteiger partial charge in [0, 0.05) is 12.6 Å². The Morgan fingerprint density at radius 3 is 2.60 bits per heavy atom. The number of benzene rings is 1. The first-order chi connectivity index (χ1) is 12.2. The van der Waals surface area contributed by atoms with Gasteiger partial charge in [-0.15, -0.1) is 0 Å². The summed E-state index contributed by atoms with van der Waals surface area (Å²) in [6, 6.07) is 7.74. The van der Waals surface area contributed by atoms with Gasteiger partial charge in [-0.1, -0.05) is 23.9 Å². The van der Waals surface area contributed by atoms with E-state index in [2.05, 4.69) is 10.3 Å². The normalized spacial score (nSPS) is 17.2. The van der Waals surface area contributed by atoms with Crippen molar-refractivity contribution >= 4 is 28.6 Å². The number of nitrogens with one attached hydrogen (secondary N) is 1. The quantitative estimate of drug-likeness (QED) is 0.611. The van der Waals surface area contributed by atoms with Gasteiger partial charge in [0.1, 0.15) is 0 Å². The van der Waals surface area contributed by atoms with Crippen molar-refractivity contribution in [3.63, 3.8) is 0 Å². The van der Waals surface area contributed by atoms with Crippen LogP contribution in [0.2, 0.25) is 0 Å². The summed E-state index contributed by atoms with van der Waals surface area (Å²) in [7, 11) is 0. The second-order valence-electron chi connectivity index (χ2n) is 7.02. The van der Waals surface area contributed by atoms with Gasteiger partial charge >= 0.3 is 0 Å². The summed E-state index contributed by atoms with van der Waals surface area (Å²) >= 11 is 1.35. The predicted molar refractivity (Wildman–Crippen MR) is 99.8 cm³/mol. The molecule has 1 aromatic carbocycles. The van der Waals surface area contributed by atoms with Crippen molar-refractivity contribution in [1.29, 1.82) is 0 Å². The topological polar surface area (TPSA) is 64.0 Å². The van der Waals surface area contributed by atoms with Crippen LogP contribution in [0.5, 0.6) is 0 Å². The highest BCUT2D eigenvalue weighted by molar-refractivity contribution is 7.99. The highest BCUT2D eigenvalue weighted by atomic mass is 32.2. The molecule has 0 atom stereocenters. The van der Waals surface area contributed by atoms with Crippen LogP contribution in [0.3, 0.4) is 0 Å². The maximum absolute atomic E-state index is 12.6. The van der Waals surface area contributed by atoms with Crippen LogP contribution in [0.1, 0.15) is 32.6 Å². The van der Waals surface area contributed by atoms with Crippen molar-refractivity contribution in [1.82, 2.24) is 14.9 Å². The molecular formula is C19H23N3O2S. The summed E-state index contributed by atoms with van der Waals surface area (Å²) in [5.74, 6) is 1.74. The highest BCUT2D eigenvalue weighted by Gasteiger charge is 2.42. The van der Waals surface area contributed by atoms with Gasteiger partial charge in [0.2, 0.25) is 5.91 Å². The van der Waals surface area contributed by atoms with Gasteiger partial charge in [0.25, 0.3) is 5.56 Å². The highest BCUT2D eigenvalue weighted by Crippen LogP contribution is 2.44. The maximum atomic E-state index is 12.6. The third-order valence-electron chi connectivity index (χ3n) is 5.06. The first-order valence-corrected chi connectivity index (χ1v) is 10.1. The molecule has 1 aromatic heterocycles. The van der Waals surface area contributed by atoms with Crippen LogP contribution in [0.15, 0.2) is 34.2 Å². The Labute approximate surface area is 151 Å². The van der Waals surface area contributed by atoms with Crippen LogP contribution in [0.4, 0.5) is 0 Å². The van der Waals surface area contributed by atoms with Crippen molar-refractivity contribution in [3.05, 3.63) is 34.6 Å². The zero-order valence-corrected chi connectivity index (χ0v) is 15.2. The van der Waals surface area contributed by atoms with Gasteiger partial charge in [-0.05, 0) is 56.6 Å². The zero-order chi connectivity index (χ0) is 17.4. The molecule has 2 aliphatic carbocycles. The van der Waals surface area contributed by atoms with E-state index >= 15 is 0 Å². The lowest BCUT2D eigenvalue weighted by Gasteiger charge is -2.17. The van der Waals surface area contributed by atoms with E-state index in [4.69, 9.17) is 0 Å². The number of fused-ring (bicyclic) bond motifs is 1. The van der Waals surface area contributed by atoms with E-state index < -0.39 is 0 Å². The molecule has 2 fully saturated rings. The molecule has 2 aromatic rings. The lowest BCUT2D eigenvalue weighted by atomic mass is 10.1. The summed E-state index contributed by atoms with van der Waals surface area (Å²) < 4.78 is 1.65. The number of rotatable bonds is 7. The summed E-state index contributed by atoms with van der Waals surface area (Å²) in [5, 5.41) is 4.47. The van der Waals surface area contributed by atoms with Crippen LogP contribution in [0.25, 0.3) is 10.9 Å². The van der Waals surface area contributed by atoms with Gasteiger partial charge in [0.15, 0.2) is 5.16 Å². The summed E-state index contributed by atoms with van der Waals surface area (Å²) in [5.41, 5.74) is 0.652. The largest absolute Gasteiger partial charge is 0.352 e. The van der Waals surface area contributed by atoms with Crippen LogP contribution in [-0.2, 0) is 11.3 Å². The minimum atomic E-state index is -0.0372. The third kappa shape index (κ3) is 3.59. The predicted octanol–water partition coefficient (Wildman–Crippen LogP) is 2.81. The number of carbonyl (C=O) groups is 1. The molecule has 0 aliphatic heterocycles. The molecule has 5 nitrogen and oxygen atoms in total. The first kappa shape index (κ1) is 16.6. The molecule has 2 aliphatic rings. The molecule has 0 radical (unpaired) electrons. The van der Waals surface area contributed by atoms with E-state index in [1.165, 1.54) is 37.4 Å². The first-order valence-electron chi connectivity index (χ1n) is 9.09. The van der Waals surface area contributed by atoms with Gasteiger partial charge in [0.05, 0.1) is 16.7 Å². The third-order valence-corrected chi connectivity index (χ3v) is 6.04.